The van der Waals surface area contributed by atoms with Crippen LogP contribution >= 0.6 is 0 Å². The lowest BCUT2D eigenvalue weighted by Crippen LogP contribution is -2.45. The highest BCUT2D eigenvalue weighted by Gasteiger charge is 2.22. The van der Waals surface area contributed by atoms with Crippen LogP contribution < -0.4 is 5.32 Å². The topological polar surface area (TPSA) is 93.0 Å². The van der Waals surface area contributed by atoms with E-state index >= 15 is 0 Å². The molecule has 0 bridgehead atoms. The number of hydrogen-bond acceptors (Lipinski definition) is 5. The Hall–Kier alpha value is -1.99. The van der Waals surface area contributed by atoms with Gasteiger partial charge in [0.25, 0.3) is 0 Å². The van der Waals surface area contributed by atoms with Gasteiger partial charge in [0.05, 0.1) is 0 Å². The Morgan fingerprint density at radius 1 is 1.40 bits per heavy atom. The molecular weight excluding hydrogens is 260 g/mol. The molecule has 2 heterocycles. The summed E-state index contributed by atoms with van der Waals surface area (Å²) in [6.07, 6.45) is 4.81. The van der Waals surface area contributed by atoms with Crippen LogP contribution in [0.15, 0.2) is 6.33 Å². The molecule has 1 aliphatic rings. The van der Waals surface area contributed by atoms with Crippen LogP contribution in [0.4, 0.5) is 0 Å². The number of tetrazole rings is 1. The van der Waals surface area contributed by atoms with E-state index in [9.17, 15) is 9.59 Å². The van der Waals surface area contributed by atoms with Crippen molar-refractivity contribution in [2.75, 3.05) is 13.1 Å². The first kappa shape index (κ1) is 14.4. The molecule has 0 aromatic carbocycles. The number of carbonyl (C=O) groups is 2. The minimum absolute atomic E-state index is 0.0111. The van der Waals surface area contributed by atoms with Crippen LogP contribution in [0.25, 0.3) is 0 Å². The van der Waals surface area contributed by atoms with Gasteiger partial charge in [0.1, 0.15) is 12.9 Å². The number of likely N-dealkylation sites (tertiary alicyclic amines) is 1. The third-order valence-corrected chi connectivity index (χ3v) is 3.39. The van der Waals surface area contributed by atoms with Gasteiger partial charge in [-0.05, 0) is 29.7 Å². The van der Waals surface area contributed by atoms with Crippen LogP contribution in [0.2, 0.25) is 0 Å². The second-order valence-electron chi connectivity index (χ2n) is 4.96. The molecule has 1 aromatic heterocycles. The molecule has 0 spiro atoms. The second-order valence-corrected chi connectivity index (χ2v) is 4.96. The molecule has 0 saturated carbocycles. The standard InChI is InChI=1S/C12H20N6O2/c1-2-12(20)17-6-4-3-5-10(7-17)14-11(19)8-18-9-13-15-16-18/h9-10H,2-8H2,1H3,(H,14,19). The van der Waals surface area contributed by atoms with E-state index in [1.165, 1.54) is 11.0 Å². The molecular formula is C12H20N6O2. The zero-order chi connectivity index (χ0) is 14.4. The summed E-state index contributed by atoms with van der Waals surface area (Å²) in [5.41, 5.74) is 0. The summed E-state index contributed by atoms with van der Waals surface area (Å²) in [6, 6.07) is 0.0111. The number of amides is 2. The van der Waals surface area contributed by atoms with Gasteiger partial charge in [-0.1, -0.05) is 6.92 Å². The van der Waals surface area contributed by atoms with Crippen LogP contribution in [0.5, 0.6) is 0 Å². The third-order valence-electron chi connectivity index (χ3n) is 3.39. The van der Waals surface area contributed by atoms with E-state index in [4.69, 9.17) is 0 Å². The van der Waals surface area contributed by atoms with Crippen molar-refractivity contribution < 1.29 is 9.59 Å². The van der Waals surface area contributed by atoms with Gasteiger partial charge in [-0.25, -0.2) is 4.68 Å². The maximum absolute atomic E-state index is 11.9. The molecule has 20 heavy (non-hydrogen) atoms. The van der Waals surface area contributed by atoms with Crippen molar-refractivity contribution in [2.45, 2.75) is 45.2 Å². The number of carbonyl (C=O) groups excluding carboxylic acids is 2. The maximum Gasteiger partial charge on any atom is 0.242 e. The zero-order valence-corrected chi connectivity index (χ0v) is 11.7. The van der Waals surface area contributed by atoms with E-state index < -0.39 is 0 Å². The molecule has 1 N–H and O–H groups in total. The molecule has 2 amide bonds. The number of nitrogens with zero attached hydrogens (tertiary/aromatic N) is 5. The minimum Gasteiger partial charge on any atom is -0.350 e. The van der Waals surface area contributed by atoms with Crippen LogP contribution in [0.3, 0.4) is 0 Å². The lowest BCUT2D eigenvalue weighted by molar-refractivity contribution is -0.131. The Bertz CT molecular complexity index is 447. The summed E-state index contributed by atoms with van der Waals surface area (Å²) in [5.74, 6) is 0.0136. The summed E-state index contributed by atoms with van der Waals surface area (Å²) in [7, 11) is 0. The van der Waals surface area contributed by atoms with Crippen LogP contribution in [0, 0.1) is 0 Å². The molecule has 1 atom stereocenters. The van der Waals surface area contributed by atoms with Crippen molar-refractivity contribution >= 4 is 11.8 Å². The minimum atomic E-state index is -0.131. The molecule has 0 radical (unpaired) electrons. The summed E-state index contributed by atoms with van der Waals surface area (Å²) in [5, 5.41) is 13.6. The highest BCUT2D eigenvalue weighted by molar-refractivity contribution is 5.77. The van der Waals surface area contributed by atoms with Crippen molar-refractivity contribution in [3.05, 3.63) is 6.33 Å². The van der Waals surface area contributed by atoms with E-state index in [-0.39, 0.29) is 24.4 Å². The Labute approximate surface area is 117 Å². The molecule has 8 nitrogen and oxygen atoms in total. The van der Waals surface area contributed by atoms with E-state index in [0.29, 0.717) is 13.0 Å². The van der Waals surface area contributed by atoms with Gasteiger partial charge in [-0.3, -0.25) is 9.59 Å². The highest BCUT2D eigenvalue weighted by Crippen LogP contribution is 2.11. The smallest absolute Gasteiger partial charge is 0.242 e. The van der Waals surface area contributed by atoms with E-state index in [1.54, 1.807) is 0 Å². The van der Waals surface area contributed by atoms with Gasteiger partial charge in [0, 0.05) is 25.6 Å². The van der Waals surface area contributed by atoms with Crippen molar-refractivity contribution in [1.29, 1.82) is 0 Å². The van der Waals surface area contributed by atoms with E-state index in [2.05, 4.69) is 20.8 Å². The maximum atomic E-state index is 11.9. The number of aromatic nitrogens is 4. The molecule has 1 aromatic rings. The molecule has 1 unspecified atom stereocenters. The first-order chi connectivity index (χ1) is 9.69. The first-order valence-corrected chi connectivity index (χ1v) is 6.97. The predicted molar refractivity (Wildman–Crippen MR) is 70.5 cm³/mol. The second kappa shape index (κ2) is 6.97. The van der Waals surface area contributed by atoms with Crippen LogP contribution in [0.1, 0.15) is 32.6 Å². The van der Waals surface area contributed by atoms with Crippen molar-refractivity contribution in [3.63, 3.8) is 0 Å². The SMILES string of the molecule is CCC(=O)N1CCCCC(NC(=O)Cn2cnnn2)C1. The monoisotopic (exact) mass is 280 g/mol. The molecule has 1 saturated heterocycles. The van der Waals surface area contributed by atoms with Gasteiger partial charge in [0.15, 0.2) is 0 Å². The van der Waals surface area contributed by atoms with Gasteiger partial charge >= 0.3 is 0 Å². The van der Waals surface area contributed by atoms with Crippen molar-refractivity contribution in [1.82, 2.24) is 30.4 Å². The average molecular weight is 280 g/mol. The largest absolute Gasteiger partial charge is 0.350 e. The molecule has 0 aliphatic carbocycles. The van der Waals surface area contributed by atoms with Gasteiger partial charge in [-0.15, -0.1) is 5.10 Å². The van der Waals surface area contributed by atoms with Crippen molar-refractivity contribution in [2.24, 2.45) is 0 Å². The fourth-order valence-corrected chi connectivity index (χ4v) is 2.38. The zero-order valence-electron chi connectivity index (χ0n) is 11.7. The molecule has 1 aliphatic heterocycles. The lowest BCUT2D eigenvalue weighted by atomic mass is 10.1. The highest BCUT2D eigenvalue weighted by atomic mass is 16.2. The summed E-state index contributed by atoms with van der Waals surface area (Å²) in [4.78, 5) is 25.5. The number of nitrogens with one attached hydrogen (secondary N) is 1. The summed E-state index contributed by atoms with van der Waals surface area (Å²) >= 11 is 0. The molecule has 110 valence electrons. The average Bonchev–Trinajstić information content (AvgIpc) is 2.82. The number of hydrogen-bond donors (Lipinski definition) is 1. The Kier molecular flexibility index (Phi) is 5.03. The molecule has 2 rings (SSSR count). The van der Waals surface area contributed by atoms with E-state index in [0.717, 1.165) is 25.8 Å². The van der Waals surface area contributed by atoms with Crippen LogP contribution in [-0.2, 0) is 16.1 Å². The third kappa shape index (κ3) is 4.01. The Balaban J connectivity index is 1.87. The van der Waals surface area contributed by atoms with Crippen LogP contribution in [-0.4, -0.2) is 56.1 Å². The van der Waals surface area contributed by atoms with E-state index in [1.807, 2.05) is 11.8 Å². The first-order valence-electron chi connectivity index (χ1n) is 6.97. The molecule has 1 fully saturated rings. The van der Waals surface area contributed by atoms with Gasteiger partial charge < -0.3 is 10.2 Å². The molecule has 8 heteroatoms. The van der Waals surface area contributed by atoms with Crippen molar-refractivity contribution in [3.8, 4) is 0 Å². The Morgan fingerprint density at radius 3 is 2.95 bits per heavy atom. The summed E-state index contributed by atoms with van der Waals surface area (Å²) in [6.45, 7) is 3.34. The number of rotatable bonds is 4. The predicted octanol–water partition coefficient (Wildman–Crippen LogP) is -0.420. The van der Waals surface area contributed by atoms with Gasteiger partial charge in [0.2, 0.25) is 11.8 Å². The summed E-state index contributed by atoms with van der Waals surface area (Å²) < 4.78 is 1.38. The fraction of sp³-hybridized carbons (Fsp3) is 0.750. The fourth-order valence-electron chi connectivity index (χ4n) is 2.38. The quantitative estimate of drug-likeness (QED) is 0.808. The Morgan fingerprint density at radius 2 is 2.25 bits per heavy atom. The lowest BCUT2D eigenvalue weighted by Gasteiger charge is -2.24. The van der Waals surface area contributed by atoms with Gasteiger partial charge in [-0.2, -0.15) is 0 Å². The normalized spacial score (nSPS) is 19.4.